The van der Waals surface area contributed by atoms with Crippen LogP contribution in [0, 0.1) is 39.4 Å². The number of aliphatic carboxylic acids is 1. The van der Waals surface area contributed by atoms with E-state index in [0.29, 0.717) is 36.8 Å². The molecule has 0 amide bonds. The first-order chi connectivity index (χ1) is 17.0. The minimum absolute atomic E-state index is 0.0709. The van der Waals surface area contributed by atoms with Crippen molar-refractivity contribution in [3.63, 3.8) is 0 Å². The molecule has 0 bridgehead atoms. The van der Waals surface area contributed by atoms with E-state index in [1.807, 2.05) is 34.6 Å². The molecular weight excluding hydrogens is 476 g/mol. The first kappa shape index (κ1) is 28.0. The SMILES string of the molecule is CC(=O)O[C@@H]1C(=O)C2=C([C@@H](O)C[C@H]3C(C)(C)[C@@H](O)CC[C@]23C)[C@]2(C)C(=O)C[C@H]([C@H](C)CCC(=O)O)[C@@]12C. The summed E-state index contributed by atoms with van der Waals surface area (Å²) in [6.45, 7) is 12.6. The molecule has 8 heteroatoms. The first-order valence-electron chi connectivity index (χ1n) is 13.5. The molecule has 0 aromatic rings. The van der Waals surface area contributed by atoms with Gasteiger partial charge in [0.1, 0.15) is 5.78 Å². The van der Waals surface area contributed by atoms with E-state index in [4.69, 9.17) is 4.74 Å². The third-order valence-electron chi connectivity index (χ3n) is 11.3. The summed E-state index contributed by atoms with van der Waals surface area (Å²) in [4.78, 5) is 52.2. The second-order valence-electron chi connectivity index (χ2n) is 13.3. The van der Waals surface area contributed by atoms with Gasteiger partial charge in [-0.2, -0.15) is 0 Å². The fourth-order valence-corrected chi connectivity index (χ4v) is 8.99. The van der Waals surface area contributed by atoms with E-state index in [1.165, 1.54) is 6.92 Å². The van der Waals surface area contributed by atoms with Crippen LogP contribution in [0.1, 0.15) is 87.0 Å². The summed E-state index contributed by atoms with van der Waals surface area (Å²) in [7, 11) is 0. The standard InChI is InChI=1S/C29H42O8/c1-14(8-9-21(34)35)16-12-20(33)29(7)22-17(31)13-18-26(3,4)19(32)10-11-27(18,5)23(22)24(36)25(28(16,29)6)37-15(2)30/h14,16-19,25,31-32H,8-13H2,1-7H3,(H,34,35)/t14-,16-,17+,18+,19+,25-,27+,28+,29+/m1/s1. The average molecular weight is 519 g/mol. The maximum atomic E-state index is 14.5. The van der Waals surface area contributed by atoms with Crippen LogP contribution in [0.5, 0.6) is 0 Å². The Hall–Kier alpha value is -2.06. The van der Waals surface area contributed by atoms with Crippen molar-refractivity contribution in [2.75, 3.05) is 0 Å². The molecule has 3 N–H and O–H groups in total. The van der Waals surface area contributed by atoms with Gasteiger partial charge in [0, 0.05) is 30.8 Å². The van der Waals surface area contributed by atoms with Gasteiger partial charge >= 0.3 is 11.9 Å². The number of fused-ring (bicyclic) bond motifs is 4. The predicted molar refractivity (Wildman–Crippen MR) is 134 cm³/mol. The fraction of sp³-hybridized carbons (Fsp3) is 0.793. The highest BCUT2D eigenvalue weighted by molar-refractivity contribution is 6.08. The van der Waals surface area contributed by atoms with E-state index in [-0.39, 0.29) is 36.2 Å². The molecule has 9 atom stereocenters. The number of esters is 1. The monoisotopic (exact) mass is 518 g/mol. The summed E-state index contributed by atoms with van der Waals surface area (Å²) < 4.78 is 5.80. The van der Waals surface area contributed by atoms with Gasteiger partial charge in [-0.3, -0.25) is 19.2 Å². The van der Waals surface area contributed by atoms with Gasteiger partial charge < -0.3 is 20.1 Å². The second-order valence-corrected chi connectivity index (χ2v) is 13.3. The van der Waals surface area contributed by atoms with Crippen LogP contribution < -0.4 is 0 Å². The normalized spacial score (nSPS) is 43.5. The Bertz CT molecular complexity index is 1070. The van der Waals surface area contributed by atoms with Crippen molar-refractivity contribution >= 4 is 23.5 Å². The Morgan fingerprint density at radius 1 is 1.11 bits per heavy atom. The van der Waals surface area contributed by atoms with Crippen molar-refractivity contribution in [1.29, 1.82) is 0 Å². The predicted octanol–water partition coefficient (Wildman–Crippen LogP) is 3.47. The van der Waals surface area contributed by atoms with Crippen LogP contribution in [0.4, 0.5) is 0 Å². The van der Waals surface area contributed by atoms with Crippen LogP contribution in [-0.2, 0) is 23.9 Å². The van der Waals surface area contributed by atoms with Gasteiger partial charge in [0.2, 0.25) is 5.78 Å². The lowest BCUT2D eigenvalue weighted by molar-refractivity contribution is -0.178. The smallest absolute Gasteiger partial charge is 0.303 e. The molecule has 4 aliphatic carbocycles. The molecule has 0 aliphatic heterocycles. The number of carbonyl (C=O) groups is 4. The highest BCUT2D eigenvalue weighted by Crippen LogP contribution is 2.71. The zero-order valence-corrected chi connectivity index (χ0v) is 23.1. The summed E-state index contributed by atoms with van der Waals surface area (Å²) in [6, 6.07) is 0. The van der Waals surface area contributed by atoms with Crippen LogP contribution in [-0.4, -0.2) is 57.1 Å². The van der Waals surface area contributed by atoms with E-state index >= 15 is 0 Å². The number of carboxylic acids is 1. The number of rotatable bonds is 5. The van der Waals surface area contributed by atoms with Crippen molar-refractivity contribution < 1.29 is 39.2 Å². The molecule has 206 valence electrons. The lowest BCUT2D eigenvalue weighted by atomic mass is 9.42. The maximum Gasteiger partial charge on any atom is 0.303 e. The summed E-state index contributed by atoms with van der Waals surface area (Å²) >= 11 is 0. The van der Waals surface area contributed by atoms with Gasteiger partial charge in [-0.05, 0) is 66.8 Å². The molecular formula is C29H42O8. The van der Waals surface area contributed by atoms with Crippen molar-refractivity contribution in [3.05, 3.63) is 11.1 Å². The van der Waals surface area contributed by atoms with Gasteiger partial charge in [0.15, 0.2) is 6.10 Å². The number of aliphatic hydroxyl groups is 2. The Kier molecular flexibility index (Phi) is 6.60. The molecule has 0 heterocycles. The Labute approximate surface area is 218 Å². The highest BCUT2D eigenvalue weighted by Gasteiger charge is 2.74. The molecule has 37 heavy (non-hydrogen) atoms. The molecule has 8 nitrogen and oxygen atoms in total. The Morgan fingerprint density at radius 2 is 1.73 bits per heavy atom. The number of hydrogen-bond donors (Lipinski definition) is 3. The molecule has 0 aromatic heterocycles. The van der Waals surface area contributed by atoms with E-state index in [1.54, 1.807) is 6.92 Å². The zero-order chi connectivity index (χ0) is 27.9. The largest absolute Gasteiger partial charge is 0.481 e. The Balaban J connectivity index is 1.96. The minimum atomic E-state index is -1.26. The van der Waals surface area contributed by atoms with E-state index in [9.17, 15) is 34.5 Å². The second kappa shape index (κ2) is 8.73. The maximum absolute atomic E-state index is 14.5. The molecule has 4 aliphatic rings. The molecule has 0 unspecified atom stereocenters. The van der Waals surface area contributed by atoms with Gasteiger partial charge in [0.05, 0.1) is 17.6 Å². The highest BCUT2D eigenvalue weighted by atomic mass is 16.5. The summed E-state index contributed by atoms with van der Waals surface area (Å²) in [5, 5.41) is 31.8. The van der Waals surface area contributed by atoms with E-state index in [0.717, 1.165) is 0 Å². The van der Waals surface area contributed by atoms with Gasteiger partial charge in [-0.25, -0.2) is 0 Å². The topological polar surface area (TPSA) is 138 Å². The van der Waals surface area contributed by atoms with Gasteiger partial charge in [-0.1, -0.05) is 34.6 Å². The molecule has 0 spiro atoms. The van der Waals surface area contributed by atoms with E-state index < -0.39 is 57.8 Å². The van der Waals surface area contributed by atoms with Crippen molar-refractivity contribution in [2.45, 2.75) is 105 Å². The Morgan fingerprint density at radius 3 is 2.30 bits per heavy atom. The number of carbonyl (C=O) groups excluding carboxylic acids is 3. The van der Waals surface area contributed by atoms with E-state index in [2.05, 4.69) is 0 Å². The number of ether oxygens (including phenoxy) is 1. The number of carboxylic acid groups (broad SMARTS) is 1. The van der Waals surface area contributed by atoms with Crippen LogP contribution in [0.3, 0.4) is 0 Å². The first-order valence-corrected chi connectivity index (χ1v) is 13.5. The number of hydrogen-bond acceptors (Lipinski definition) is 7. The average Bonchev–Trinajstić information content (AvgIpc) is 3.01. The van der Waals surface area contributed by atoms with Crippen molar-refractivity contribution in [3.8, 4) is 0 Å². The molecule has 4 rings (SSSR count). The molecule has 0 saturated heterocycles. The number of Topliss-reactive ketones (excluding diaryl/α,β-unsaturated/α-hetero) is 2. The lowest BCUT2D eigenvalue weighted by Gasteiger charge is -2.62. The third kappa shape index (κ3) is 3.61. The van der Waals surface area contributed by atoms with Crippen molar-refractivity contribution in [2.24, 2.45) is 39.4 Å². The molecule has 2 fully saturated rings. The number of aliphatic hydroxyl groups excluding tert-OH is 2. The lowest BCUT2D eigenvalue weighted by Crippen LogP contribution is -2.65. The van der Waals surface area contributed by atoms with Crippen LogP contribution in [0.15, 0.2) is 11.1 Å². The van der Waals surface area contributed by atoms with Crippen molar-refractivity contribution in [1.82, 2.24) is 0 Å². The summed E-state index contributed by atoms with van der Waals surface area (Å²) in [5.74, 6) is -2.89. The minimum Gasteiger partial charge on any atom is -0.481 e. The zero-order valence-electron chi connectivity index (χ0n) is 23.1. The van der Waals surface area contributed by atoms with Crippen LogP contribution >= 0.6 is 0 Å². The summed E-state index contributed by atoms with van der Waals surface area (Å²) in [5.41, 5.74) is -2.82. The molecule has 0 aromatic carbocycles. The van der Waals surface area contributed by atoms with Crippen LogP contribution in [0.25, 0.3) is 0 Å². The fourth-order valence-electron chi connectivity index (χ4n) is 8.99. The van der Waals surface area contributed by atoms with Crippen LogP contribution in [0.2, 0.25) is 0 Å². The van der Waals surface area contributed by atoms with Gasteiger partial charge in [-0.15, -0.1) is 0 Å². The van der Waals surface area contributed by atoms with Gasteiger partial charge in [0.25, 0.3) is 0 Å². The summed E-state index contributed by atoms with van der Waals surface area (Å²) in [6.07, 6.45) is -1.18. The molecule has 0 radical (unpaired) electrons. The molecule has 2 saturated carbocycles. The third-order valence-corrected chi connectivity index (χ3v) is 11.3. The number of ketones is 2. The quantitative estimate of drug-likeness (QED) is 0.471.